The summed E-state index contributed by atoms with van der Waals surface area (Å²) in [5.41, 5.74) is 4.06. The van der Waals surface area contributed by atoms with E-state index in [-0.39, 0.29) is 11.3 Å². The first-order chi connectivity index (χ1) is 14.5. The Bertz CT molecular complexity index is 1120. The Labute approximate surface area is 175 Å². The Hall–Kier alpha value is -3.48. The molecule has 1 N–H and O–H groups in total. The summed E-state index contributed by atoms with van der Waals surface area (Å²) in [6.45, 7) is 6.93. The van der Waals surface area contributed by atoms with E-state index in [0.717, 1.165) is 24.2 Å². The van der Waals surface area contributed by atoms with Gasteiger partial charge in [-0.05, 0) is 55.7 Å². The van der Waals surface area contributed by atoms with Crippen LogP contribution in [-0.2, 0) is 6.54 Å². The maximum atomic E-state index is 12.8. The lowest BCUT2D eigenvalue weighted by molar-refractivity contribution is 0.0949. The van der Waals surface area contributed by atoms with Gasteiger partial charge < -0.3 is 4.74 Å². The molecule has 0 aliphatic heterocycles. The number of rotatable bonds is 8. The average Bonchev–Trinajstić information content (AvgIpc) is 2.78. The van der Waals surface area contributed by atoms with E-state index in [1.165, 1.54) is 4.68 Å². The highest BCUT2D eigenvalue weighted by Crippen LogP contribution is 2.15. The van der Waals surface area contributed by atoms with Crippen LogP contribution in [0, 0.1) is 0 Å². The van der Waals surface area contributed by atoms with Crippen LogP contribution < -0.4 is 15.7 Å². The van der Waals surface area contributed by atoms with Crippen molar-refractivity contribution in [2.45, 2.75) is 40.2 Å². The van der Waals surface area contributed by atoms with Gasteiger partial charge in [-0.25, -0.2) is 10.1 Å². The number of aromatic nitrogens is 2. The highest BCUT2D eigenvalue weighted by atomic mass is 16.5. The van der Waals surface area contributed by atoms with Crippen LogP contribution in [0.4, 0.5) is 0 Å². The number of aryl methyl sites for hydroxylation is 1. The molecule has 156 valence electrons. The van der Waals surface area contributed by atoms with Crippen LogP contribution in [0.15, 0.2) is 58.4 Å². The quantitative estimate of drug-likeness (QED) is 0.456. The lowest BCUT2D eigenvalue weighted by Gasteiger charge is -2.10. The maximum Gasteiger partial charge on any atom is 0.292 e. The lowest BCUT2D eigenvalue weighted by atomic mass is 10.1. The number of fused-ring (bicyclic) bond motifs is 1. The summed E-state index contributed by atoms with van der Waals surface area (Å²) in [5.74, 6) is 0.338. The second-order valence-corrected chi connectivity index (χ2v) is 6.93. The molecule has 0 atom stereocenters. The van der Waals surface area contributed by atoms with Crippen LogP contribution in [0.5, 0.6) is 5.75 Å². The minimum Gasteiger partial charge on any atom is -0.494 e. The van der Waals surface area contributed by atoms with E-state index < -0.39 is 5.91 Å². The van der Waals surface area contributed by atoms with Crippen LogP contribution in [-0.4, -0.2) is 28.0 Å². The first-order valence-electron chi connectivity index (χ1n) is 10.1. The van der Waals surface area contributed by atoms with Crippen molar-refractivity contribution < 1.29 is 9.53 Å². The number of carbonyl (C=O) groups excluding carboxylic acids is 1. The molecule has 0 bridgehead atoms. The second-order valence-electron chi connectivity index (χ2n) is 6.93. The van der Waals surface area contributed by atoms with E-state index in [4.69, 9.17) is 4.74 Å². The minimum absolute atomic E-state index is 0.179. The highest BCUT2D eigenvalue weighted by Gasteiger charge is 2.16. The van der Waals surface area contributed by atoms with Crippen molar-refractivity contribution in [3.05, 3.63) is 70.1 Å². The molecule has 0 radical (unpaired) electrons. The lowest BCUT2D eigenvalue weighted by Crippen LogP contribution is -2.29. The summed E-state index contributed by atoms with van der Waals surface area (Å²) in [6, 6.07) is 14.5. The molecule has 0 saturated heterocycles. The normalized spacial score (nSPS) is 11.5. The standard InChI is InChI=1S/C23H26N4O3/c1-4-14-27-23(29)20-9-7-6-8-19(20)21(26-27)22(28)25-24-16(3)17-10-12-18(13-11-17)30-15-5-2/h6-13H,4-5,14-15H2,1-3H3,(H,25,28)/b24-16-. The van der Waals surface area contributed by atoms with Crippen molar-refractivity contribution in [3.63, 3.8) is 0 Å². The Morgan fingerprint density at radius 1 is 1.07 bits per heavy atom. The first-order valence-corrected chi connectivity index (χ1v) is 10.1. The van der Waals surface area contributed by atoms with Gasteiger partial charge in [-0.2, -0.15) is 10.2 Å². The van der Waals surface area contributed by atoms with Gasteiger partial charge >= 0.3 is 0 Å². The van der Waals surface area contributed by atoms with Gasteiger partial charge in [-0.15, -0.1) is 0 Å². The van der Waals surface area contributed by atoms with Crippen LogP contribution >= 0.6 is 0 Å². The molecule has 0 fully saturated rings. The molecular weight excluding hydrogens is 380 g/mol. The van der Waals surface area contributed by atoms with Crippen LogP contribution in [0.25, 0.3) is 10.8 Å². The first kappa shape index (κ1) is 21.2. The van der Waals surface area contributed by atoms with Crippen molar-refractivity contribution in [3.8, 4) is 5.75 Å². The van der Waals surface area contributed by atoms with E-state index in [9.17, 15) is 9.59 Å². The predicted molar refractivity (Wildman–Crippen MR) is 118 cm³/mol. The van der Waals surface area contributed by atoms with E-state index in [2.05, 4.69) is 22.5 Å². The van der Waals surface area contributed by atoms with E-state index in [1.807, 2.05) is 38.1 Å². The number of amides is 1. The van der Waals surface area contributed by atoms with Gasteiger partial charge in [0.15, 0.2) is 5.69 Å². The molecule has 0 unspecified atom stereocenters. The predicted octanol–water partition coefficient (Wildman–Crippen LogP) is 3.75. The molecule has 7 nitrogen and oxygen atoms in total. The van der Waals surface area contributed by atoms with E-state index in [1.54, 1.807) is 24.3 Å². The van der Waals surface area contributed by atoms with Crippen LogP contribution in [0.1, 0.15) is 49.7 Å². The van der Waals surface area contributed by atoms with Crippen LogP contribution in [0.2, 0.25) is 0 Å². The Kier molecular flexibility index (Phi) is 6.95. The zero-order valence-corrected chi connectivity index (χ0v) is 17.5. The highest BCUT2D eigenvalue weighted by molar-refractivity contribution is 6.06. The summed E-state index contributed by atoms with van der Waals surface area (Å²) >= 11 is 0. The fourth-order valence-corrected chi connectivity index (χ4v) is 3.03. The number of nitrogens with zero attached hydrogens (tertiary/aromatic N) is 3. The Morgan fingerprint density at radius 2 is 1.77 bits per heavy atom. The molecule has 7 heteroatoms. The molecule has 30 heavy (non-hydrogen) atoms. The van der Waals surface area contributed by atoms with Gasteiger partial charge in [0.1, 0.15) is 5.75 Å². The average molecular weight is 406 g/mol. The number of nitrogens with one attached hydrogen (secondary N) is 1. The monoisotopic (exact) mass is 406 g/mol. The number of ether oxygens (including phenoxy) is 1. The summed E-state index contributed by atoms with van der Waals surface area (Å²) < 4.78 is 6.92. The molecule has 0 aliphatic carbocycles. The third kappa shape index (κ3) is 4.74. The zero-order chi connectivity index (χ0) is 21.5. The van der Waals surface area contributed by atoms with Gasteiger partial charge in [0.25, 0.3) is 11.5 Å². The van der Waals surface area contributed by atoms with Gasteiger partial charge in [-0.3, -0.25) is 9.59 Å². The van der Waals surface area contributed by atoms with Crippen molar-refractivity contribution >= 4 is 22.4 Å². The van der Waals surface area contributed by atoms with E-state index >= 15 is 0 Å². The van der Waals surface area contributed by atoms with Crippen molar-refractivity contribution in [1.29, 1.82) is 0 Å². The number of hydrazone groups is 1. The van der Waals surface area contributed by atoms with Gasteiger partial charge in [0.05, 0.1) is 17.7 Å². The molecule has 0 saturated carbocycles. The fraction of sp³-hybridized carbons (Fsp3) is 0.304. The maximum absolute atomic E-state index is 12.8. The van der Waals surface area contributed by atoms with Gasteiger partial charge in [0, 0.05) is 11.9 Å². The molecule has 0 aliphatic rings. The largest absolute Gasteiger partial charge is 0.494 e. The Morgan fingerprint density at radius 3 is 2.43 bits per heavy atom. The summed E-state index contributed by atoms with van der Waals surface area (Å²) in [5, 5.41) is 9.48. The molecule has 1 heterocycles. The summed E-state index contributed by atoms with van der Waals surface area (Å²) in [7, 11) is 0. The third-order valence-electron chi connectivity index (χ3n) is 4.59. The number of carbonyl (C=O) groups is 1. The molecule has 2 aromatic carbocycles. The van der Waals surface area contributed by atoms with Crippen molar-refractivity contribution in [2.75, 3.05) is 6.61 Å². The van der Waals surface area contributed by atoms with Gasteiger partial charge in [-0.1, -0.05) is 32.0 Å². The van der Waals surface area contributed by atoms with E-state index in [0.29, 0.717) is 29.6 Å². The summed E-state index contributed by atoms with van der Waals surface area (Å²) in [4.78, 5) is 25.4. The second kappa shape index (κ2) is 9.82. The zero-order valence-electron chi connectivity index (χ0n) is 17.5. The molecule has 1 amide bonds. The SMILES string of the molecule is CCCOc1ccc(/C(C)=N\NC(=O)c2nn(CCC)c(=O)c3ccccc23)cc1. The number of benzene rings is 2. The van der Waals surface area contributed by atoms with Crippen LogP contribution in [0.3, 0.4) is 0 Å². The third-order valence-corrected chi connectivity index (χ3v) is 4.59. The molecule has 0 spiro atoms. The topological polar surface area (TPSA) is 85.6 Å². The summed E-state index contributed by atoms with van der Waals surface area (Å²) in [6.07, 6.45) is 1.68. The Balaban J connectivity index is 1.84. The smallest absolute Gasteiger partial charge is 0.292 e. The molecule has 1 aromatic heterocycles. The molecule has 3 rings (SSSR count). The number of hydrogen-bond donors (Lipinski definition) is 1. The molecule has 3 aromatic rings. The minimum atomic E-state index is -0.460. The molecular formula is C23H26N4O3. The fourth-order valence-electron chi connectivity index (χ4n) is 3.03. The number of hydrogen-bond acceptors (Lipinski definition) is 5. The van der Waals surface area contributed by atoms with Crippen molar-refractivity contribution in [1.82, 2.24) is 15.2 Å². The van der Waals surface area contributed by atoms with Gasteiger partial charge in [0.2, 0.25) is 0 Å². The van der Waals surface area contributed by atoms with Crippen molar-refractivity contribution in [2.24, 2.45) is 5.10 Å².